The highest BCUT2D eigenvalue weighted by atomic mass is 19.4. The fraction of sp³-hybridized carbons (Fsp3) is 0.533. The summed E-state index contributed by atoms with van der Waals surface area (Å²) < 4.78 is 39.4. The van der Waals surface area contributed by atoms with Crippen LogP contribution >= 0.6 is 0 Å². The highest BCUT2D eigenvalue weighted by Crippen LogP contribution is 2.33. The van der Waals surface area contributed by atoms with Gasteiger partial charge in [0.25, 0.3) is 0 Å². The van der Waals surface area contributed by atoms with Gasteiger partial charge in [0.1, 0.15) is 6.04 Å². The van der Waals surface area contributed by atoms with E-state index in [0.29, 0.717) is 13.1 Å². The van der Waals surface area contributed by atoms with Crippen molar-refractivity contribution < 1.29 is 13.2 Å². The number of halogens is 3. The number of aryl methyl sites for hydroxylation is 1. The predicted molar refractivity (Wildman–Crippen MR) is 81.7 cm³/mol. The standard InChI is InChI=1S/C13H17F3N4.C2H6/c1-8-2-4-9(5-3-8)11(13(14,15)16)19-10-6-20(7-10)12(17)18;1-2/h2-5,10-11,19H,6-7H2,1H3,(H3,17,18);1-2H3. The molecule has 1 fully saturated rings. The lowest BCUT2D eigenvalue weighted by Gasteiger charge is -2.42. The largest absolute Gasteiger partial charge is 0.407 e. The fourth-order valence-electron chi connectivity index (χ4n) is 2.15. The molecule has 0 bridgehead atoms. The molecule has 7 heteroatoms. The average Bonchev–Trinajstić information content (AvgIpc) is 2.39. The molecule has 0 amide bonds. The molecule has 4 N–H and O–H groups in total. The van der Waals surface area contributed by atoms with Crippen molar-refractivity contribution in [3.05, 3.63) is 35.4 Å². The highest BCUT2D eigenvalue weighted by Gasteiger charge is 2.43. The van der Waals surface area contributed by atoms with Crippen LogP contribution in [-0.2, 0) is 0 Å². The molecule has 0 radical (unpaired) electrons. The number of nitrogens with zero attached hydrogens (tertiary/aromatic N) is 1. The van der Waals surface area contributed by atoms with Crippen molar-refractivity contribution in [2.45, 2.75) is 39.0 Å². The summed E-state index contributed by atoms with van der Waals surface area (Å²) in [5, 5.41) is 9.78. The van der Waals surface area contributed by atoms with Gasteiger partial charge in [-0.15, -0.1) is 0 Å². The van der Waals surface area contributed by atoms with Crippen LogP contribution < -0.4 is 11.1 Å². The number of nitrogens with two attached hydrogens (primary N) is 1. The third-order valence-electron chi connectivity index (χ3n) is 3.36. The van der Waals surface area contributed by atoms with Gasteiger partial charge < -0.3 is 10.6 Å². The fourth-order valence-corrected chi connectivity index (χ4v) is 2.15. The van der Waals surface area contributed by atoms with E-state index < -0.39 is 12.2 Å². The van der Waals surface area contributed by atoms with Gasteiger partial charge in [0.15, 0.2) is 5.96 Å². The monoisotopic (exact) mass is 316 g/mol. The van der Waals surface area contributed by atoms with Crippen LogP contribution in [0, 0.1) is 12.3 Å². The minimum absolute atomic E-state index is 0.109. The second-order valence-corrected chi connectivity index (χ2v) is 5.04. The smallest absolute Gasteiger partial charge is 0.370 e. The van der Waals surface area contributed by atoms with E-state index in [9.17, 15) is 13.2 Å². The molecule has 4 nitrogen and oxygen atoms in total. The molecule has 1 aliphatic heterocycles. The molecular weight excluding hydrogens is 293 g/mol. The van der Waals surface area contributed by atoms with Crippen LogP contribution in [0.5, 0.6) is 0 Å². The summed E-state index contributed by atoms with van der Waals surface area (Å²) in [6.45, 7) is 6.48. The molecule has 0 spiro atoms. The zero-order valence-electron chi connectivity index (χ0n) is 13.0. The molecule has 1 unspecified atom stereocenters. The Hall–Kier alpha value is -1.76. The van der Waals surface area contributed by atoms with E-state index in [2.05, 4.69) is 5.32 Å². The van der Waals surface area contributed by atoms with Crippen LogP contribution in [0.2, 0.25) is 0 Å². The summed E-state index contributed by atoms with van der Waals surface area (Å²) in [5.41, 5.74) is 6.38. The van der Waals surface area contributed by atoms with E-state index >= 15 is 0 Å². The molecule has 1 aromatic carbocycles. The van der Waals surface area contributed by atoms with E-state index in [0.717, 1.165) is 5.56 Å². The Balaban J connectivity index is 0.00000116. The minimum atomic E-state index is -4.36. The van der Waals surface area contributed by atoms with Crippen LogP contribution in [0.4, 0.5) is 13.2 Å². The second kappa shape index (κ2) is 7.49. The van der Waals surface area contributed by atoms with Gasteiger partial charge in [-0.1, -0.05) is 43.7 Å². The van der Waals surface area contributed by atoms with Crippen LogP contribution in [0.1, 0.15) is 31.0 Å². The van der Waals surface area contributed by atoms with E-state index in [1.165, 1.54) is 17.0 Å². The first-order valence-electron chi connectivity index (χ1n) is 7.25. The molecule has 1 saturated heterocycles. The molecule has 1 heterocycles. The summed E-state index contributed by atoms with van der Waals surface area (Å²) in [7, 11) is 0. The van der Waals surface area contributed by atoms with Gasteiger partial charge in [-0.05, 0) is 12.5 Å². The predicted octanol–water partition coefficient (Wildman–Crippen LogP) is 2.79. The van der Waals surface area contributed by atoms with Crippen molar-refractivity contribution in [2.24, 2.45) is 5.73 Å². The number of hydrogen-bond donors (Lipinski definition) is 3. The number of hydrogen-bond acceptors (Lipinski definition) is 2. The lowest BCUT2D eigenvalue weighted by Crippen LogP contribution is -2.62. The van der Waals surface area contributed by atoms with Crippen LogP contribution in [0.3, 0.4) is 0 Å². The average molecular weight is 316 g/mol. The summed E-state index contributed by atoms with van der Waals surface area (Å²) in [6, 6.07) is 4.30. The summed E-state index contributed by atoms with van der Waals surface area (Å²) >= 11 is 0. The number of guanidine groups is 1. The van der Waals surface area contributed by atoms with Crippen molar-refractivity contribution in [3.8, 4) is 0 Å². The van der Waals surface area contributed by atoms with Crippen molar-refractivity contribution in [1.29, 1.82) is 5.41 Å². The highest BCUT2D eigenvalue weighted by molar-refractivity contribution is 5.75. The van der Waals surface area contributed by atoms with Gasteiger partial charge in [-0.3, -0.25) is 10.7 Å². The van der Waals surface area contributed by atoms with Crippen LogP contribution in [-0.4, -0.2) is 36.2 Å². The summed E-state index contributed by atoms with van der Waals surface area (Å²) in [5.74, 6) is -0.109. The molecule has 22 heavy (non-hydrogen) atoms. The number of nitrogens with one attached hydrogen (secondary N) is 2. The Bertz CT molecular complexity index is 479. The molecule has 2 rings (SSSR count). The maximum atomic E-state index is 13.1. The van der Waals surface area contributed by atoms with E-state index in [1.54, 1.807) is 12.1 Å². The number of alkyl halides is 3. The SMILES string of the molecule is CC.Cc1ccc(C(NC2CN(C(=N)N)C2)C(F)(F)F)cc1. The first kappa shape index (κ1) is 18.3. The lowest BCUT2D eigenvalue weighted by molar-refractivity contribution is -0.161. The molecule has 0 saturated carbocycles. The Labute approximate surface area is 129 Å². The van der Waals surface area contributed by atoms with Gasteiger partial charge in [-0.25, -0.2) is 0 Å². The third-order valence-corrected chi connectivity index (χ3v) is 3.36. The molecule has 0 aromatic heterocycles. The van der Waals surface area contributed by atoms with Gasteiger partial charge in [0.2, 0.25) is 0 Å². The van der Waals surface area contributed by atoms with Gasteiger partial charge in [0.05, 0.1) is 0 Å². The Morgan fingerprint density at radius 1 is 1.27 bits per heavy atom. The Morgan fingerprint density at radius 2 is 1.77 bits per heavy atom. The van der Waals surface area contributed by atoms with Gasteiger partial charge in [0, 0.05) is 19.1 Å². The molecule has 0 aliphatic carbocycles. The van der Waals surface area contributed by atoms with Crippen molar-refractivity contribution in [2.75, 3.05) is 13.1 Å². The summed E-state index contributed by atoms with van der Waals surface area (Å²) in [6.07, 6.45) is -4.36. The lowest BCUT2D eigenvalue weighted by atomic mass is 10.0. The van der Waals surface area contributed by atoms with Crippen LogP contribution in [0.25, 0.3) is 0 Å². The molecule has 124 valence electrons. The van der Waals surface area contributed by atoms with Crippen molar-refractivity contribution in [1.82, 2.24) is 10.2 Å². The maximum absolute atomic E-state index is 13.1. The first-order chi connectivity index (χ1) is 10.3. The van der Waals surface area contributed by atoms with Crippen molar-refractivity contribution in [3.63, 3.8) is 0 Å². The van der Waals surface area contributed by atoms with Crippen LogP contribution in [0.15, 0.2) is 24.3 Å². The van der Waals surface area contributed by atoms with E-state index in [-0.39, 0.29) is 17.6 Å². The molecule has 1 aliphatic rings. The number of likely N-dealkylation sites (tertiary alicyclic amines) is 1. The third kappa shape index (κ3) is 4.62. The normalized spacial score (nSPS) is 16.4. The topological polar surface area (TPSA) is 65.1 Å². The van der Waals surface area contributed by atoms with E-state index in [1.807, 2.05) is 20.8 Å². The van der Waals surface area contributed by atoms with Gasteiger partial charge >= 0.3 is 6.18 Å². The maximum Gasteiger partial charge on any atom is 0.407 e. The number of benzene rings is 1. The molecular formula is C15H23F3N4. The second-order valence-electron chi connectivity index (χ2n) is 5.04. The summed E-state index contributed by atoms with van der Waals surface area (Å²) in [4.78, 5) is 1.51. The van der Waals surface area contributed by atoms with Crippen molar-refractivity contribution >= 4 is 5.96 Å². The Kier molecular flexibility index (Phi) is 6.22. The Morgan fingerprint density at radius 3 is 2.18 bits per heavy atom. The van der Waals surface area contributed by atoms with E-state index in [4.69, 9.17) is 11.1 Å². The zero-order chi connectivity index (χ0) is 16.9. The quantitative estimate of drug-likeness (QED) is 0.593. The van der Waals surface area contributed by atoms with Gasteiger partial charge in [-0.2, -0.15) is 13.2 Å². The number of rotatable bonds is 3. The molecule has 1 atom stereocenters. The minimum Gasteiger partial charge on any atom is -0.370 e. The first-order valence-corrected chi connectivity index (χ1v) is 7.25. The molecule has 1 aromatic rings. The zero-order valence-corrected chi connectivity index (χ0v) is 13.0.